The van der Waals surface area contributed by atoms with Crippen LogP contribution in [0.3, 0.4) is 0 Å². The first-order chi connectivity index (χ1) is 9.71. The Balaban J connectivity index is 2.36. The molecule has 2 N–H and O–H groups in total. The second-order valence-corrected chi connectivity index (χ2v) is 4.79. The summed E-state index contributed by atoms with van der Waals surface area (Å²) < 4.78 is 0. The van der Waals surface area contributed by atoms with Crippen LogP contribution in [0, 0.1) is 0 Å². The van der Waals surface area contributed by atoms with Crippen LogP contribution in [0.5, 0.6) is 0 Å². The minimum Gasteiger partial charge on any atom is -0.372 e. The molecule has 0 atom stereocenters. The average molecular weight is 277 g/mol. The predicted molar refractivity (Wildman–Crippen MR) is 85.0 cm³/mol. The number of hydrogen-bond acceptors (Lipinski definition) is 3. The van der Waals surface area contributed by atoms with Crippen molar-refractivity contribution >= 4 is 11.6 Å². The second kappa shape index (κ2) is 9.37. The highest BCUT2D eigenvalue weighted by Crippen LogP contribution is 2.14. The third kappa shape index (κ3) is 5.61. The summed E-state index contributed by atoms with van der Waals surface area (Å²) in [6, 6.07) is 8.51. The van der Waals surface area contributed by atoms with Crippen molar-refractivity contribution in [3.05, 3.63) is 29.8 Å². The summed E-state index contributed by atoms with van der Waals surface area (Å²) in [5, 5.41) is 6.01. The van der Waals surface area contributed by atoms with Crippen LogP contribution in [0.4, 0.5) is 5.69 Å². The van der Waals surface area contributed by atoms with Gasteiger partial charge in [0.05, 0.1) is 6.54 Å². The lowest BCUT2D eigenvalue weighted by Crippen LogP contribution is -2.33. The fourth-order valence-corrected chi connectivity index (χ4v) is 2.06. The summed E-state index contributed by atoms with van der Waals surface area (Å²) in [7, 11) is 0. The maximum absolute atomic E-state index is 11.4. The van der Waals surface area contributed by atoms with Gasteiger partial charge in [-0.3, -0.25) is 4.79 Å². The van der Waals surface area contributed by atoms with Gasteiger partial charge in [0.15, 0.2) is 0 Å². The first kappa shape index (κ1) is 16.5. The Morgan fingerprint density at radius 2 is 1.75 bits per heavy atom. The van der Waals surface area contributed by atoms with E-state index in [-0.39, 0.29) is 5.91 Å². The van der Waals surface area contributed by atoms with E-state index in [0.717, 1.165) is 32.6 Å². The lowest BCUT2D eigenvalue weighted by atomic mass is 10.2. The molecule has 0 saturated heterocycles. The second-order valence-electron chi connectivity index (χ2n) is 4.79. The van der Waals surface area contributed by atoms with E-state index in [1.807, 2.05) is 6.92 Å². The van der Waals surface area contributed by atoms with Crippen LogP contribution in [-0.4, -0.2) is 32.1 Å². The van der Waals surface area contributed by atoms with E-state index in [9.17, 15) is 4.79 Å². The van der Waals surface area contributed by atoms with Crippen LogP contribution in [0.25, 0.3) is 0 Å². The molecule has 4 nitrogen and oxygen atoms in total. The Bertz CT molecular complexity index is 385. The van der Waals surface area contributed by atoms with Crippen molar-refractivity contribution in [2.45, 2.75) is 33.7 Å². The van der Waals surface area contributed by atoms with E-state index in [1.165, 1.54) is 11.3 Å². The van der Waals surface area contributed by atoms with Gasteiger partial charge in [-0.1, -0.05) is 19.1 Å². The third-order valence-corrected chi connectivity index (χ3v) is 3.25. The van der Waals surface area contributed by atoms with Crippen molar-refractivity contribution in [3.8, 4) is 0 Å². The van der Waals surface area contributed by atoms with Crippen LogP contribution in [0.15, 0.2) is 24.3 Å². The van der Waals surface area contributed by atoms with Gasteiger partial charge in [0, 0.05) is 31.9 Å². The molecule has 1 amide bonds. The van der Waals surface area contributed by atoms with Gasteiger partial charge in [0.25, 0.3) is 0 Å². The number of carbonyl (C=O) groups is 1. The number of amides is 1. The summed E-state index contributed by atoms with van der Waals surface area (Å²) in [5.41, 5.74) is 2.45. The Kier molecular flexibility index (Phi) is 7.73. The molecule has 0 bridgehead atoms. The van der Waals surface area contributed by atoms with Crippen molar-refractivity contribution in [2.75, 3.05) is 31.1 Å². The monoisotopic (exact) mass is 277 g/mol. The van der Waals surface area contributed by atoms with E-state index in [0.29, 0.717) is 6.54 Å². The van der Waals surface area contributed by atoms with E-state index < -0.39 is 0 Å². The van der Waals surface area contributed by atoms with Gasteiger partial charge in [-0.15, -0.1) is 0 Å². The predicted octanol–water partition coefficient (Wildman–Crippen LogP) is 2.15. The average Bonchev–Trinajstić information content (AvgIpc) is 2.48. The van der Waals surface area contributed by atoms with Crippen LogP contribution in [0.2, 0.25) is 0 Å². The molecule has 1 aromatic carbocycles. The summed E-state index contributed by atoms with van der Waals surface area (Å²) in [6.45, 7) is 10.2. The Hall–Kier alpha value is -1.55. The molecule has 0 fully saturated rings. The van der Waals surface area contributed by atoms with Crippen LogP contribution < -0.4 is 15.5 Å². The molecular weight excluding hydrogens is 250 g/mol. The largest absolute Gasteiger partial charge is 0.372 e. The van der Waals surface area contributed by atoms with Crippen LogP contribution in [0.1, 0.15) is 32.8 Å². The Morgan fingerprint density at radius 1 is 1.10 bits per heavy atom. The Labute approximate surface area is 122 Å². The van der Waals surface area contributed by atoms with Crippen molar-refractivity contribution in [1.29, 1.82) is 0 Å². The number of hydrogen-bond donors (Lipinski definition) is 2. The first-order valence-corrected chi connectivity index (χ1v) is 7.52. The van der Waals surface area contributed by atoms with Gasteiger partial charge in [-0.05, 0) is 38.0 Å². The lowest BCUT2D eigenvalue weighted by Gasteiger charge is -2.21. The quantitative estimate of drug-likeness (QED) is 0.727. The highest BCUT2D eigenvalue weighted by atomic mass is 16.1. The molecule has 20 heavy (non-hydrogen) atoms. The first-order valence-electron chi connectivity index (χ1n) is 7.52. The zero-order valence-corrected chi connectivity index (χ0v) is 12.9. The minimum absolute atomic E-state index is 0.0617. The number of benzene rings is 1. The van der Waals surface area contributed by atoms with E-state index >= 15 is 0 Å². The van der Waals surface area contributed by atoms with E-state index in [4.69, 9.17) is 0 Å². The zero-order chi connectivity index (χ0) is 14.8. The maximum atomic E-state index is 11.4. The molecular formula is C16H27N3O. The Morgan fingerprint density at radius 3 is 2.30 bits per heavy atom. The molecule has 0 heterocycles. The lowest BCUT2D eigenvalue weighted by molar-refractivity contribution is -0.120. The van der Waals surface area contributed by atoms with E-state index in [2.05, 4.69) is 53.6 Å². The van der Waals surface area contributed by atoms with Crippen LogP contribution >= 0.6 is 0 Å². The molecule has 0 unspecified atom stereocenters. The minimum atomic E-state index is 0.0617. The smallest absolute Gasteiger partial charge is 0.233 e. The maximum Gasteiger partial charge on any atom is 0.233 e. The van der Waals surface area contributed by atoms with Gasteiger partial charge in [-0.2, -0.15) is 0 Å². The normalized spacial score (nSPS) is 10.3. The number of carbonyl (C=O) groups excluding carboxylic acids is 1. The molecule has 1 rings (SSSR count). The van der Waals surface area contributed by atoms with Gasteiger partial charge >= 0.3 is 0 Å². The SMILES string of the molecule is CCCNC(=O)CNCc1ccc(N(CC)CC)cc1. The van der Waals surface area contributed by atoms with Crippen molar-refractivity contribution in [3.63, 3.8) is 0 Å². The molecule has 0 aliphatic rings. The van der Waals surface area contributed by atoms with Crippen molar-refractivity contribution < 1.29 is 4.79 Å². The standard InChI is InChI=1S/C16H27N3O/c1-4-11-18-16(20)13-17-12-14-7-9-15(10-8-14)19(5-2)6-3/h7-10,17H,4-6,11-13H2,1-3H3,(H,18,20). The van der Waals surface area contributed by atoms with Gasteiger partial charge in [-0.25, -0.2) is 0 Å². The zero-order valence-electron chi connectivity index (χ0n) is 12.9. The van der Waals surface area contributed by atoms with Gasteiger partial charge in [0.2, 0.25) is 5.91 Å². The third-order valence-electron chi connectivity index (χ3n) is 3.25. The molecule has 1 aromatic rings. The summed E-state index contributed by atoms with van der Waals surface area (Å²) in [4.78, 5) is 13.7. The highest BCUT2D eigenvalue weighted by Gasteiger charge is 2.02. The molecule has 0 aliphatic heterocycles. The fourth-order valence-electron chi connectivity index (χ4n) is 2.06. The summed E-state index contributed by atoms with van der Waals surface area (Å²) in [5.74, 6) is 0.0617. The van der Waals surface area contributed by atoms with Gasteiger partial charge in [0.1, 0.15) is 0 Å². The number of nitrogens with zero attached hydrogens (tertiary/aromatic N) is 1. The summed E-state index contributed by atoms with van der Waals surface area (Å²) >= 11 is 0. The highest BCUT2D eigenvalue weighted by molar-refractivity contribution is 5.77. The molecule has 0 aromatic heterocycles. The molecule has 0 radical (unpaired) electrons. The number of nitrogens with one attached hydrogen (secondary N) is 2. The molecule has 0 spiro atoms. The van der Waals surface area contributed by atoms with Crippen LogP contribution in [-0.2, 0) is 11.3 Å². The van der Waals surface area contributed by atoms with Gasteiger partial charge < -0.3 is 15.5 Å². The molecule has 112 valence electrons. The summed E-state index contributed by atoms with van der Waals surface area (Å²) in [6.07, 6.45) is 0.971. The number of anilines is 1. The number of rotatable bonds is 9. The fraction of sp³-hybridized carbons (Fsp3) is 0.562. The topological polar surface area (TPSA) is 44.4 Å². The molecule has 0 aliphatic carbocycles. The van der Waals surface area contributed by atoms with Crippen molar-refractivity contribution in [2.24, 2.45) is 0 Å². The molecule has 0 saturated carbocycles. The molecule has 4 heteroatoms. The van der Waals surface area contributed by atoms with E-state index in [1.54, 1.807) is 0 Å². The van der Waals surface area contributed by atoms with Crippen molar-refractivity contribution in [1.82, 2.24) is 10.6 Å².